The van der Waals surface area contributed by atoms with Crippen LogP contribution in [0, 0.1) is 0 Å². The molecule has 0 aromatic carbocycles. The van der Waals surface area contributed by atoms with E-state index in [4.69, 9.17) is 4.74 Å². The van der Waals surface area contributed by atoms with Gasteiger partial charge < -0.3 is 9.84 Å². The molecule has 1 amide bonds. The van der Waals surface area contributed by atoms with E-state index in [9.17, 15) is 14.7 Å². The Kier molecular flexibility index (Phi) is 5.42. The lowest BCUT2D eigenvalue weighted by atomic mass is 9.88. The van der Waals surface area contributed by atoms with Gasteiger partial charge in [0.2, 0.25) is 0 Å². The number of likely N-dealkylation sites (N-methyl/N-ethyl adjacent to an activating group) is 1. The molecule has 0 aromatic rings. The number of carbonyl (C=O) groups excluding carboxylic acids is 1. The van der Waals surface area contributed by atoms with E-state index in [0.29, 0.717) is 19.4 Å². The van der Waals surface area contributed by atoms with Crippen LogP contribution in [-0.2, 0) is 9.53 Å². The molecule has 5 heteroatoms. The van der Waals surface area contributed by atoms with Gasteiger partial charge in [-0.15, -0.1) is 0 Å². The summed E-state index contributed by atoms with van der Waals surface area (Å²) in [6.45, 7) is 7.53. The van der Waals surface area contributed by atoms with Gasteiger partial charge >= 0.3 is 12.1 Å². The Balaban J connectivity index is 3.02. The molecule has 0 saturated heterocycles. The van der Waals surface area contributed by atoms with E-state index >= 15 is 0 Å². The average molecular weight is 285 g/mol. The Bertz CT molecular complexity index is 351. The number of ether oxygens (including phenoxy) is 1. The van der Waals surface area contributed by atoms with Crippen molar-refractivity contribution in [2.24, 2.45) is 0 Å². The molecular formula is C15H27NO4. The topological polar surface area (TPSA) is 66.8 Å². The number of carboxylic acids is 1. The van der Waals surface area contributed by atoms with Gasteiger partial charge in [-0.05, 0) is 40.5 Å². The molecule has 1 aliphatic carbocycles. The second kappa shape index (κ2) is 6.46. The lowest BCUT2D eigenvalue weighted by Gasteiger charge is -2.40. The maximum absolute atomic E-state index is 12.4. The van der Waals surface area contributed by atoms with Crippen LogP contribution in [-0.4, -0.2) is 39.8 Å². The maximum Gasteiger partial charge on any atom is 0.411 e. The third-order valence-corrected chi connectivity index (χ3v) is 3.78. The number of hydrogen-bond donors (Lipinski definition) is 1. The molecule has 0 unspecified atom stereocenters. The molecule has 0 bridgehead atoms. The standard InChI is InChI=1S/C15H27NO4/c1-5-16(13(19)20-14(2,3)4)15(12(17)18)10-8-6-7-9-11-15/h5-11H2,1-4H3,(H,17,18). The van der Waals surface area contributed by atoms with E-state index in [-0.39, 0.29) is 0 Å². The van der Waals surface area contributed by atoms with Gasteiger partial charge in [-0.25, -0.2) is 9.59 Å². The number of carbonyl (C=O) groups is 2. The van der Waals surface area contributed by atoms with Gasteiger partial charge in [0.1, 0.15) is 11.1 Å². The molecule has 1 rings (SSSR count). The summed E-state index contributed by atoms with van der Waals surface area (Å²) in [6, 6.07) is 0. The summed E-state index contributed by atoms with van der Waals surface area (Å²) in [5, 5.41) is 9.71. The van der Waals surface area contributed by atoms with Gasteiger partial charge in [-0.3, -0.25) is 4.90 Å². The van der Waals surface area contributed by atoms with Crippen molar-refractivity contribution >= 4 is 12.1 Å². The zero-order valence-corrected chi connectivity index (χ0v) is 13.1. The second-order valence-corrected chi connectivity index (χ2v) is 6.48. The number of hydrogen-bond acceptors (Lipinski definition) is 3. The number of aliphatic carboxylic acids is 1. The average Bonchev–Trinajstić information content (AvgIpc) is 2.54. The summed E-state index contributed by atoms with van der Waals surface area (Å²) in [5.74, 6) is -0.910. The Morgan fingerprint density at radius 2 is 1.65 bits per heavy atom. The van der Waals surface area contributed by atoms with Gasteiger partial charge in [0.15, 0.2) is 0 Å². The van der Waals surface area contributed by atoms with Gasteiger partial charge in [0.25, 0.3) is 0 Å². The normalized spacial score (nSPS) is 19.0. The molecule has 0 aliphatic heterocycles. The molecule has 0 atom stereocenters. The quantitative estimate of drug-likeness (QED) is 0.807. The van der Waals surface area contributed by atoms with Crippen molar-refractivity contribution in [3.8, 4) is 0 Å². The highest BCUT2D eigenvalue weighted by Crippen LogP contribution is 2.34. The maximum atomic E-state index is 12.4. The molecule has 0 aromatic heterocycles. The van der Waals surface area contributed by atoms with Crippen LogP contribution < -0.4 is 0 Å². The zero-order chi connectivity index (χ0) is 15.4. The van der Waals surface area contributed by atoms with Crippen molar-refractivity contribution < 1.29 is 19.4 Å². The highest BCUT2D eigenvalue weighted by Gasteiger charge is 2.47. The second-order valence-electron chi connectivity index (χ2n) is 6.48. The van der Waals surface area contributed by atoms with Gasteiger partial charge in [0.05, 0.1) is 0 Å². The number of nitrogens with zero attached hydrogens (tertiary/aromatic N) is 1. The Labute approximate surface area is 121 Å². The molecule has 0 heterocycles. The highest BCUT2D eigenvalue weighted by molar-refractivity contribution is 5.84. The van der Waals surface area contributed by atoms with Crippen molar-refractivity contribution in [3.05, 3.63) is 0 Å². The molecule has 0 spiro atoms. The van der Waals surface area contributed by atoms with E-state index in [1.54, 1.807) is 27.7 Å². The van der Waals surface area contributed by atoms with Crippen molar-refractivity contribution in [3.63, 3.8) is 0 Å². The molecule has 116 valence electrons. The summed E-state index contributed by atoms with van der Waals surface area (Å²) < 4.78 is 5.38. The Hall–Kier alpha value is -1.26. The van der Waals surface area contributed by atoms with Gasteiger partial charge in [-0.1, -0.05) is 25.7 Å². The van der Waals surface area contributed by atoms with Crippen LogP contribution in [0.4, 0.5) is 4.79 Å². The molecular weight excluding hydrogens is 258 g/mol. The van der Waals surface area contributed by atoms with E-state index < -0.39 is 23.2 Å². The van der Waals surface area contributed by atoms with Crippen LogP contribution in [0.1, 0.15) is 66.2 Å². The summed E-state index contributed by atoms with van der Waals surface area (Å²) >= 11 is 0. The Morgan fingerprint density at radius 1 is 1.15 bits per heavy atom. The molecule has 1 fully saturated rings. The molecule has 0 radical (unpaired) electrons. The van der Waals surface area contributed by atoms with Crippen molar-refractivity contribution in [1.82, 2.24) is 4.90 Å². The molecule has 5 nitrogen and oxygen atoms in total. The first kappa shape index (κ1) is 16.8. The first-order valence-corrected chi connectivity index (χ1v) is 7.47. The van der Waals surface area contributed by atoms with Crippen LogP contribution in [0.2, 0.25) is 0 Å². The van der Waals surface area contributed by atoms with Crippen molar-refractivity contribution in [2.75, 3.05) is 6.54 Å². The largest absolute Gasteiger partial charge is 0.479 e. The number of amides is 1. The SMILES string of the molecule is CCN(C(=O)OC(C)(C)C)C1(C(=O)O)CCCCCC1. The molecule has 1 saturated carbocycles. The first-order chi connectivity index (χ1) is 9.23. The fraction of sp³-hybridized carbons (Fsp3) is 0.867. The summed E-state index contributed by atoms with van der Waals surface area (Å²) in [4.78, 5) is 25.6. The van der Waals surface area contributed by atoms with E-state index in [1.165, 1.54) is 4.90 Å². The molecule has 1 N–H and O–H groups in total. The Morgan fingerprint density at radius 3 is 2.00 bits per heavy atom. The highest BCUT2D eigenvalue weighted by atomic mass is 16.6. The third kappa shape index (κ3) is 3.87. The van der Waals surface area contributed by atoms with Crippen LogP contribution in [0.5, 0.6) is 0 Å². The number of carboxylic acid groups (broad SMARTS) is 1. The third-order valence-electron chi connectivity index (χ3n) is 3.78. The minimum atomic E-state index is -1.10. The van der Waals surface area contributed by atoms with E-state index in [1.807, 2.05) is 0 Å². The summed E-state index contributed by atoms with van der Waals surface area (Å²) in [6.07, 6.45) is 4.23. The molecule has 1 aliphatic rings. The van der Waals surface area contributed by atoms with Gasteiger partial charge in [0, 0.05) is 6.54 Å². The zero-order valence-electron chi connectivity index (χ0n) is 13.1. The lowest BCUT2D eigenvalue weighted by molar-refractivity contribution is -0.152. The predicted octanol–water partition coefficient (Wildman–Crippen LogP) is 3.42. The summed E-state index contributed by atoms with van der Waals surface area (Å²) in [7, 11) is 0. The van der Waals surface area contributed by atoms with Crippen molar-refractivity contribution in [1.29, 1.82) is 0 Å². The smallest absolute Gasteiger partial charge is 0.411 e. The first-order valence-electron chi connectivity index (χ1n) is 7.47. The van der Waals surface area contributed by atoms with Crippen molar-refractivity contribution in [2.45, 2.75) is 77.4 Å². The fourth-order valence-electron chi connectivity index (χ4n) is 2.84. The monoisotopic (exact) mass is 285 g/mol. The van der Waals surface area contributed by atoms with Crippen LogP contribution in [0.25, 0.3) is 0 Å². The minimum absolute atomic E-state index is 0.348. The predicted molar refractivity (Wildman–Crippen MR) is 76.7 cm³/mol. The van der Waals surface area contributed by atoms with Crippen LogP contribution >= 0.6 is 0 Å². The minimum Gasteiger partial charge on any atom is -0.479 e. The van der Waals surface area contributed by atoms with E-state index in [0.717, 1.165) is 25.7 Å². The van der Waals surface area contributed by atoms with Crippen LogP contribution in [0.3, 0.4) is 0 Å². The summed E-state index contributed by atoms with van der Waals surface area (Å²) in [5.41, 5.74) is -1.72. The van der Waals surface area contributed by atoms with Gasteiger partial charge in [-0.2, -0.15) is 0 Å². The lowest BCUT2D eigenvalue weighted by Crippen LogP contribution is -2.57. The fourth-order valence-corrected chi connectivity index (χ4v) is 2.84. The number of rotatable bonds is 3. The molecule has 20 heavy (non-hydrogen) atoms. The van der Waals surface area contributed by atoms with E-state index in [2.05, 4.69) is 0 Å². The van der Waals surface area contributed by atoms with Crippen LogP contribution in [0.15, 0.2) is 0 Å².